The van der Waals surface area contributed by atoms with Crippen LogP contribution in [0.4, 0.5) is 0 Å². The molecule has 146 valence electrons. The van der Waals surface area contributed by atoms with Gasteiger partial charge in [-0.2, -0.15) is 0 Å². The molecule has 0 saturated heterocycles. The van der Waals surface area contributed by atoms with Gasteiger partial charge in [-0.05, 0) is 33.7 Å². The Balaban J connectivity index is 1.78. The summed E-state index contributed by atoms with van der Waals surface area (Å²) in [5.41, 5.74) is 4.28. The first kappa shape index (κ1) is 17.2. The van der Waals surface area contributed by atoms with Crippen LogP contribution in [0, 0.1) is 0 Å². The fraction of sp³-hybridized carbons (Fsp3) is 0.154. The third kappa shape index (κ3) is 2.68. The average Bonchev–Trinajstić information content (AvgIpc) is 3.52. The highest BCUT2D eigenvalue weighted by atomic mass is 16.5. The maximum Gasteiger partial charge on any atom is 0.216 e. The van der Waals surface area contributed by atoms with Crippen molar-refractivity contribution in [3.8, 4) is 11.1 Å². The molecule has 0 amide bonds. The van der Waals surface area contributed by atoms with Gasteiger partial charge in [-0.25, -0.2) is 9.98 Å². The fourth-order valence-corrected chi connectivity index (χ4v) is 4.43. The second-order valence-electron chi connectivity index (χ2n) is 7.49. The van der Waals surface area contributed by atoms with E-state index < -0.39 is 0 Å². The van der Waals surface area contributed by atoms with Crippen LogP contribution in [0.5, 0.6) is 0 Å². The van der Waals surface area contributed by atoms with Gasteiger partial charge in [0.15, 0.2) is 0 Å². The lowest BCUT2D eigenvalue weighted by Gasteiger charge is -2.19. The topological polar surface area (TPSA) is 43.2 Å². The molecule has 4 aromatic carbocycles. The number of benzene rings is 4. The van der Waals surface area contributed by atoms with E-state index in [9.17, 15) is 0 Å². The van der Waals surface area contributed by atoms with Crippen molar-refractivity contribution < 1.29 is 9.47 Å². The van der Waals surface area contributed by atoms with Crippen molar-refractivity contribution in [1.82, 2.24) is 0 Å². The molecule has 0 unspecified atom stereocenters. The minimum absolute atomic E-state index is 0.625. The minimum Gasteiger partial charge on any atom is -0.475 e. The molecule has 2 heterocycles. The maximum absolute atomic E-state index is 5.92. The number of rotatable bonds is 3. The van der Waals surface area contributed by atoms with Crippen LogP contribution in [0.15, 0.2) is 82.8 Å². The van der Waals surface area contributed by atoms with Crippen molar-refractivity contribution in [2.75, 3.05) is 26.3 Å². The molecule has 0 fully saturated rings. The number of fused-ring (bicyclic) bond motifs is 2. The Bertz CT molecular complexity index is 1250. The van der Waals surface area contributed by atoms with Gasteiger partial charge < -0.3 is 9.47 Å². The van der Waals surface area contributed by atoms with Crippen LogP contribution in [0.3, 0.4) is 0 Å². The van der Waals surface area contributed by atoms with E-state index in [0.717, 1.165) is 22.3 Å². The summed E-state index contributed by atoms with van der Waals surface area (Å²) in [5.74, 6) is 1.42. The van der Waals surface area contributed by atoms with Crippen LogP contribution >= 0.6 is 0 Å². The molecular formula is C26H20N2O2. The summed E-state index contributed by atoms with van der Waals surface area (Å²) in [7, 11) is 0. The predicted octanol–water partition coefficient (Wildman–Crippen LogP) is 5.21. The lowest BCUT2D eigenvalue weighted by atomic mass is 9.87. The average molecular weight is 392 g/mol. The van der Waals surface area contributed by atoms with Gasteiger partial charge in [0.2, 0.25) is 11.8 Å². The molecule has 0 aromatic heterocycles. The molecule has 0 spiro atoms. The molecule has 30 heavy (non-hydrogen) atoms. The summed E-state index contributed by atoms with van der Waals surface area (Å²) in [6.45, 7) is 2.64. The molecule has 4 aromatic rings. The molecule has 0 N–H and O–H groups in total. The molecule has 4 heteroatoms. The fourth-order valence-electron chi connectivity index (χ4n) is 4.43. The van der Waals surface area contributed by atoms with E-state index in [4.69, 9.17) is 9.47 Å². The molecular weight excluding hydrogens is 372 g/mol. The zero-order chi connectivity index (χ0) is 19.9. The van der Waals surface area contributed by atoms with Crippen molar-refractivity contribution in [3.63, 3.8) is 0 Å². The Kier molecular flexibility index (Phi) is 4.01. The quantitative estimate of drug-likeness (QED) is 0.480. The molecule has 0 atom stereocenters. The zero-order valence-electron chi connectivity index (χ0n) is 16.5. The van der Waals surface area contributed by atoms with E-state index in [1.807, 2.05) is 0 Å². The van der Waals surface area contributed by atoms with E-state index >= 15 is 0 Å². The number of ether oxygens (including phenoxy) is 2. The van der Waals surface area contributed by atoms with Crippen molar-refractivity contribution >= 4 is 33.3 Å². The monoisotopic (exact) mass is 392 g/mol. The summed E-state index contributed by atoms with van der Waals surface area (Å²) < 4.78 is 11.8. The molecule has 0 bridgehead atoms. The predicted molar refractivity (Wildman–Crippen MR) is 122 cm³/mol. The van der Waals surface area contributed by atoms with Gasteiger partial charge in [-0.15, -0.1) is 0 Å². The summed E-state index contributed by atoms with van der Waals surface area (Å²) in [5, 5.41) is 4.71. The van der Waals surface area contributed by atoms with Crippen molar-refractivity contribution in [3.05, 3.63) is 83.9 Å². The number of hydrogen-bond acceptors (Lipinski definition) is 4. The Labute approximate surface area is 174 Å². The second kappa shape index (κ2) is 6.99. The molecule has 4 nitrogen and oxygen atoms in total. The first-order chi connectivity index (χ1) is 14.9. The van der Waals surface area contributed by atoms with Gasteiger partial charge >= 0.3 is 0 Å². The van der Waals surface area contributed by atoms with Gasteiger partial charge in [0, 0.05) is 22.3 Å². The molecule has 0 saturated carbocycles. The van der Waals surface area contributed by atoms with Crippen LogP contribution in [-0.2, 0) is 9.47 Å². The van der Waals surface area contributed by atoms with Crippen LogP contribution in [-0.4, -0.2) is 38.1 Å². The third-order valence-corrected chi connectivity index (χ3v) is 5.74. The summed E-state index contributed by atoms with van der Waals surface area (Å²) in [6, 6.07) is 25.5. The molecule has 2 aliphatic rings. The van der Waals surface area contributed by atoms with Gasteiger partial charge in [0.1, 0.15) is 13.2 Å². The largest absolute Gasteiger partial charge is 0.475 e. The maximum atomic E-state index is 5.92. The normalized spacial score (nSPS) is 15.7. The highest BCUT2D eigenvalue weighted by Gasteiger charge is 2.24. The van der Waals surface area contributed by atoms with Crippen molar-refractivity contribution in [2.45, 2.75) is 0 Å². The molecule has 2 aliphatic heterocycles. The lowest BCUT2D eigenvalue weighted by molar-refractivity contribution is 0.348. The molecule has 0 radical (unpaired) electrons. The van der Waals surface area contributed by atoms with E-state index in [0.29, 0.717) is 38.1 Å². The number of nitrogens with zero attached hydrogens (tertiary/aromatic N) is 2. The zero-order valence-corrected chi connectivity index (χ0v) is 16.5. The summed E-state index contributed by atoms with van der Waals surface area (Å²) >= 11 is 0. The first-order valence-corrected chi connectivity index (χ1v) is 10.3. The number of hydrogen-bond donors (Lipinski definition) is 0. The number of aliphatic imine (C=N–C) groups is 2. The second-order valence-corrected chi connectivity index (χ2v) is 7.49. The smallest absolute Gasteiger partial charge is 0.216 e. The van der Waals surface area contributed by atoms with E-state index in [2.05, 4.69) is 82.8 Å². The standard InChI is InChI=1S/C26H20N2O2/c1-3-7-19-17(5-1)9-11-21(25-27-13-15-29-25)23(19)24-20-8-4-2-6-18(20)10-12-22(24)26-28-14-16-30-26/h1-12H,13-16H2. The summed E-state index contributed by atoms with van der Waals surface area (Å²) in [4.78, 5) is 9.28. The Morgan fingerprint density at radius 1 is 0.533 bits per heavy atom. The molecule has 0 aliphatic carbocycles. The van der Waals surface area contributed by atoms with E-state index in [1.54, 1.807) is 0 Å². The summed E-state index contributed by atoms with van der Waals surface area (Å²) in [6.07, 6.45) is 0. The van der Waals surface area contributed by atoms with E-state index in [-0.39, 0.29) is 0 Å². The van der Waals surface area contributed by atoms with Gasteiger partial charge in [0.05, 0.1) is 13.1 Å². The van der Waals surface area contributed by atoms with Crippen LogP contribution in [0.1, 0.15) is 11.1 Å². The minimum atomic E-state index is 0.625. The molecule has 6 rings (SSSR count). The first-order valence-electron chi connectivity index (χ1n) is 10.3. The van der Waals surface area contributed by atoms with Gasteiger partial charge in [-0.3, -0.25) is 0 Å². The SMILES string of the molecule is c1ccc2c(-c3c(C4=NCCO4)ccc4ccccc34)c(C3=NCCO3)ccc2c1. The Hall–Kier alpha value is -3.66. The van der Waals surface area contributed by atoms with E-state index in [1.165, 1.54) is 21.5 Å². The Morgan fingerprint density at radius 3 is 1.43 bits per heavy atom. The Morgan fingerprint density at radius 2 is 1.00 bits per heavy atom. The van der Waals surface area contributed by atoms with Crippen molar-refractivity contribution in [2.24, 2.45) is 9.98 Å². The lowest BCUT2D eigenvalue weighted by Crippen LogP contribution is -2.08. The highest BCUT2D eigenvalue weighted by Crippen LogP contribution is 2.40. The van der Waals surface area contributed by atoms with Gasteiger partial charge in [-0.1, -0.05) is 60.7 Å². The van der Waals surface area contributed by atoms with Crippen LogP contribution in [0.2, 0.25) is 0 Å². The van der Waals surface area contributed by atoms with Crippen LogP contribution in [0.25, 0.3) is 32.7 Å². The third-order valence-electron chi connectivity index (χ3n) is 5.74. The van der Waals surface area contributed by atoms with Crippen molar-refractivity contribution in [1.29, 1.82) is 0 Å². The highest BCUT2D eigenvalue weighted by molar-refractivity contribution is 6.19. The van der Waals surface area contributed by atoms with Crippen LogP contribution < -0.4 is 0 Å². The van der Waals surface area contributed by atoms with Gasteiger partial charge in [0.25, 0.3) is 0 Å².